The number of piperidine rings is 1. The number of aromatic nitrogens is 2. The van der Waals surface area contributed by atoms with Gasteiger partial charge in [0.1, 0.15) is 0 Å². The lowest BCUT2D eigenvalue weighted by Crippen LogP contribution is -2.36. The molecule has 2 aliphatic heterocycles. The molecule has 3 heterocycles. The van der Waals surface area contributed by atoms with Crippen molar-refractivity contribution in [1.82, 2.24) is 19.6 Å². The van der Waals surface area contributed by atoms with Gasteiger partial charge in [-0.05, 0) is 65.2 Å². The van der Waals surface area contributed by atoms with Crippen LogP contribution in [0, 0.1) is 19.8 Å². The van der Waals surface area contributed by atoms with E-state index in [0.717, 1.165) is 11.6 Å². The molecule has 3 rings (SSSR count). The summed E-state index contributed by atoms with van der Waals surface area (Å²) in [4.78, 5) is 5.12. The highest BCUT2D eigenvalue weighted by molar-refractivity contribution is 5.08. The van der Waals surface area contributed by atoms with Crippen LogP contribution < -0.4 is 0 Å². The normalized spacial score (nSPS) is 26.4. The zero-order valence-electron chi connectivity index (χ0n) is 13.2. The Morgan fingerprint density at radius 1 is 1.15 bits per heavy atom. The Hall–Kier alpha value is -0.870. The first-order valence-corrected chi connectivity index (χ1v) is 8.05. The topological polar surface area (TPSA) is 24.3 Å². The minimum absolute atomic E-state index is 0.593. The van der Waals surface area contributed by atoms with Gasteiger partial charge in [0.15, 0.2) is 0 Å². The Balaban J connectivity index is 1.53. The minimum atomic E-state index is 0.593. The van der Waals surface area contributed by atoms with Gasteiger partial charge in [0.25, 0.3) is 0 Å². The first kappa shape index (κ1) is 14.1. The lowest BCUT2D eigenvalue weighted by atomic mass is 9.97. The molecule has 1 unspecified atom stereocenters. The van der Waals surface area contributed by atoms with E-state index in [9.17, 15) is 0 Å². The van der Waals surface area contributed by atoms with Gasteiger partial charge in [-0.3, -0.25) is 4.68 Å². The van der Waals surface area contributed by atoms with Crippen molar-refractivity contribution in [1.29, 1.82) is 0 Å². The van der Waals surface area contributed by atoms with Gasteiger partial charge >= 0.3 is 0 Å². The molecule has 1 aromatic rings. The molecule has 1 atom stereocenters. The second kappa shape index (κ2) is 5.86. The van der Waals surface area contributed by atoms with Crippen LogP contribution in [0.25, 0.3) is 0 Å². The Morgan fingerprint density at radius 2 is 1.90 bits per heavy atom. The van der Waals surface area contributed by atoms with Crippen LogP contribution in [-0.2, 0) is 0 Å². The van der Waals surface area contributed by atoms with Crippen molar-refractivity contribution in [3.63, 3.8) is 0 Å². The summed E-state index contributed by atoms with van der Waals surface area (Å²) in [7, 11) is 2.24. The maximum Gasteiger partial charge on any atom is 0.0661 e. The van der Waals surface area contributed by atoms with E-state index in [1.54, 1.807) is 0 Å². The minimum Gasteiger partial charge on any atom is -0.306 e. The summed E-state index contributed by atoms with van der Waals surface area (Å²) in [6.45, 7) is 10.6. The summed E-state index contributed by atoms with van der Waals surface area (Å²) in [6, 6.07) is 2.79. The van der Waals surface area contributed by atoms with Crippen LogP contribution in [0.2, 0.25) is 0 Å². The van der Waals surface area contributed by atoms with Crippen LogP contribution in [0.15, 0.2) is 6.07 Å². The Bertz CT molecular complexity index is 445. The van der Waals surface area contributed by atoms with Crippen molar-refractivity contribution < 1.29 is 0 Å². The van der Waals surface area contributed by atoms with E-state index in [0.29, 0.717) is 6.04 Å². The third-order valence-electron chi connectivity index (χ3n) is 4.99. The summed E-state index contributed by atoms with van der Waals surface area (Å²) in [5.74, 6) is 0.908. The summed E-state index contributed by atoms with van der Waals surface area (Å²) >= 11 is 0. The highest BCUT2D eigenvalue weighted by atomic mass is 15.3. The zero-order chi connectivity index (χ0) is 14.1. The average molecular weight is 276 g/mol. The maximum atomic E-state index is 4.67. The van der Waals surface area contributed by atoms with Crippen molar-refractivity contribution in [3.05, 3.63) is 17.5 Å². The van der Waals surface area contributed by atoms with E-state index in [4.69, 9.17) is 0 Å². The summed E-state index contributed by atoms with van der Waals surface area (Å²) < 4.78 is 2.25. The largest absolute Gasteiger partial charge is 0.306 e. The Kier molecular flexibility index (Phi) is 4.13. The van der Waals surface area contributed by atoms with Crippen LogP contribution in [0.5, 0.6) is 0 Å². The number of aryl methyl sites for hydroxylation is 2. The van der Waals surface area contributed by atoms with E-state index >= 15 is 0 Å². The first-order chi connectivity index (χ1) is 9.61. The molecule has 112 valence electrons. The summed E-state index contributed by atoms with van der Waals surface area (Å²) in [6.07, 6.45) is 4.00. The molecular formula is C16H28N4. The molecule has 20 heavy (non-hydrogen) atoms. The highest BCUT2D eigenvalue weighted by Gasteiger charge is 2.28. The zero-order valence-corrected chi connectivity index (χ0v) is 13.2. The van der Waals surface area contributed by atoms with Gasteiger partial charge in [0.2, 0.25) is 0 Å². The van der Waals surface area contributed by atoms with E-state index in [2.05, 4.69) is 46.5 Å². The monoisotopic (exact) mass is 276 g/mol. The third kappa shape index (κ3) is 3.07. The molecule has 0 N–H and O–H groups in total. The molecule has 2 aliphatic rings. The molecule has 4 nitrogen and oxygen atoms in total. The van der Waals surface area contributed by atoms with Crippen molar-refractivity contribution in [3.8, 4) is 0 Å². The number of rotatable bonds is 3. The van der Waals surface area contributed by atoms with E-state index in [-0.39, 0.29) is 0 Å². The van der Waals surface area contributed by atoms with Crippen LogP contribution in [0.3, 0.4) is 0 Å². The second-order valence-corrected chi connectivity index (χ2v) is 6.82. The van der Waals surface area contributed by atoms with E-state index < -0.39 is 0 Å². The lowest BCUT2D eigenvalue weighted by molar-refractivity contribution is 0.173. The van der Waals surface area contributed by atoms with Crippen LogP contribution in [-0.4, -0.2) is 59.4 Å². The van der Waals surface area contributed by atoms with Crippen LogP contribution >= 0.6 is 0 Å². The predicted molar refractivity (Wildman–Crippen MR) is 82.0 cm³/mol. The standard InChI is InChI=1S/C16H28N4/c1-13-10-14(2)20(17-13)16-6-9-19(12-16)11-15-4-7-18(3)8-5-15/h10,15-16H,4-9,11-12H2,1-3H3. The van der Waals surface area contributed by atoms with E-state index in [1.165, 1.54) is 57.7 Å². The molecule has 1 aromatic heterocycles. The van der Waals surface area contributed by atoms with Gasteiger partial charge in [-0.15, -0.1) is 0 Å². The second-order valence-electron chi connectivity index (χ2n) is 6.82. The summed E-state index contributed by atoms with van der Waals surface area (Å²) in [5.41, 5.74) is 2.46. The Labute approximate surface area is 122 Å². The molecule has 0 amide bonds. The molecule has 4 heteroatoms. The van der Waals surface area contributed by atoms with Gasteiger partial charge in [0, 0.05) is 25.3 Å². The molecular weight excluding hydrogens is 248 g/mol. The van der Waals surface area contributed by atoms with Gasteiger partial charge < -0.3 is 9.80 Å². The number of hydrogen-bond acceptors (Lipinski definition) is 3. The quantitative estimate of drug-likeness (QED) is 0.845. The smallest absolute Gasteiger partial charge is 0.0661 e. The van der Waals surface area contributed by atoms with Crippen LogP contribution in [0.1, 0.15) is 36.7 Å². The molecule has 0 aliphatic carbocycles. The van der Waals surface area contributed by atoms with E-state index in [1.807, 2.05) is 0 Å². The molecule has 2 saturated heterocycles. The molecule has 0 radical (unpaired) electrons. The fourth-order valence-corrected chi connectivity index (χ4v) is 3.80. The van der Waals surface area contributed by atoms with Gasteiger partial charge in [-0.1, -0.05) is 0 Å². The molecule has 0 saturated carbocycles. The van der Waals surface area contributed by atoms with Crippen molar-refractivity contribution >= 4 is 0 Å². The SMILES string of the molecule is Cc1cc(C)n(C2CCN(CC3CCN(C)CC3)C2)n1. The lowest BCUT2D eigenvalue weighted by Gasteiger charge is -2.31. The fraction of sp³-hybridized carbons (Fsp3) is 0.812. The molecule has 2 fully saturated rings. The third-order valence-corrected chi connectivity index (χ3v) is 4.99. The number of nitrogens with zero attached hydrogens (tertiary/aromatic N) is 4. The average Bonchev–Trinajstić information content (AvgIpc) is 2.99. The number of likely N-dealkylation sites (tertiary alicyclic amines) is 2. The Morgan fingerprint density at radius 3 is 2.55 bits per heavy atom. The van der Waals surface area contributed by atoms with Gasteiger partial charge in [0.05, 0.1) is 11.7 Å². The molecule has 0 aromatic carbocycles. The molecule has 0 bridgehead atoms. The van der Waals surface area contributed by atoms with Gasteiger partial charge in [-0.25, -0.2) is 0 Å². The molecule has 0 spiro atoms. The maximum absolute atomic E-state index is 4.67. The van der Waals surface area contributed by atoms with Crippen LogP contribution in [0.4, 0.5) is 0 Å². The van der Waals surface area contributed by atoms with Crippen molar-refractivity contribution in [2.45, 2.75) is 39.2 Å². The predicted octanol–water partition coefficient (Wildman–Crippen LogP) is 2.09. The fourth-order valence-electron chi connectivity index (χ4n) is 3.80. The number of hydrogen-bond donors (Lipinski definition) is 0. The van der Waals surface area contributed by atoms with Gasteiger partial charge in [-0.2, -0.15) is 5.10 Å². The van der Waals surface area contributed by atoms with Crippen molar-refractivity contribution in [2.75, 3.05) is 39.8 Å². The first-order valence-electron chi connectivity index (χ1n) is 8.05. The summed E-state index contributed by atoms with van der Waals surface area (Å²) in [5, 5.41) is 4.67. The van der Waals surface area contributed by atoms with Crippen molar-refractivity contribution in [2.24, 2.45) is 5.92 Å². The highest BCUT2D eigenvalue weighted by Crippen LogP contribution is 2.26.